The van der Waals surface area contributed by atoms with Crippen molar-refractivity contribution in [2.24, 2.45) is 0 Å². The second-order valence-electron chi connectivity index (χ2n) is 9.13. The molecule has 1 heterocycles. The lowest BCUT2D eigenvalue weighted by Gasteiger charge is -2.26. The Balaban J connectivity index is 1.91. The summed E-state index contributed by atoms with van der Waals surface area (Å²) in [6, 6.07) is 19.2. The van der Waals surface area contributed by atoms with E-state index in [-0.39, 0.29) is 23.4 Å². The van der Waals surface area contributed by atoms with Gasteiger partial charge in [0.25, 0.3) is 11.7 Å². The third-order valence-electron chi connectivity index (χ3n) is 6.65. The van der Waals surface area contributed by atoms with E-state index in [1.165, 1.54) is 19.1 Å². The molecule has 1 fully saturated rings. The maximum Gasteiger partial charge on any atom is 0.295 e. The van der Waals surface area contributed by atoms with Gasteiger partial charge in [0.2, 0.25) is 0 Å². The standard InChI is InChI=1S/C30H31NO6/c1-18(2)19-10-12-20(13-11-19)27-26(28(32)23-16-22(35-3)14-15-25(23)37-5)29(33)30(34)31(27)17-21-8-6-7-9-24(21)36-4/h6-16,18,27,32H,17H2,1-5H3/b28-26+. The van der Waals surface area contributed by atoms with Crippen LogP contribution in [0.4, 0.5) is 0 Å². The lowest BCUT2D eigenvalue weighted by atomic mass is 9.93. The highest BCUT2D eigenvalue weighted by molar-refractivity contribution is 6.46. The van der Waals surface area contributed by atoms with Crippen LogP contribution in [-0.4, -0.2) is 43.0 Å². The minimum absolute atomic E-state index is 0.0104. The van der Waals surface area contributed by atoms with Crippen LogP contribution in [0.3, 0.4) is 0 Å². The van der Waals surface area contributed by atoms with Crippen LogP contribution >= 0.6 is 0 Å². The minimum Gasteiger partial charge on any atom is -0.507 e. The van der Waals surface area contributed by atoms with Crippen LogP contribution in [0.15, 0.2) is 72.3 Å². The fourth-order valence-electron chi connectivity index (χ4n) is 4.61. The molecular formula is C30H31NO6. The SMILES string of the molecule is COc1ccc(OC)c(/C(O)=C2\C(=O)C(=O)N(Cc3ccccc3OC)C2c2ccc(C(C)C)cc2)c1. The van der Waals surface area contributed by atoms with Crippen molar-refractivity contribution < 1.29 is 28.9 Å². The van der Waals surface area contributed by atoms with Crippen LogP contribution in [0.1, 0.15) is 48.1 Å². The van der Waals surface area contributed by atoms with Gasteiger partial charge in [-0.2, -0.15) is 0 Å². The number of para-hydroxylation sites is 1. The van der Waals surface area contributed by atoms with Crippen LogP contribution in [-0.2, 0) is 16.1 Å². The predicted molar refractivity (Wildman–Crippen MR) is 141 cm³/mol. The molecule has 1 saturated heterocycles. The summed E-state index contributed by atoms with van der Waals surface area (Å²) in [6.45, 7) is 4.31. The van der Waals surface area contributed by atoms with Crippen LogP contribution in [0.25, 0.3) is 5.76 Å². The lowest BCUT2D eigenvalue weighted by molar-refractivity contribution is -0.140. The first-order chi connectivity index (χ1) is 17.8. The summed E-state index contributed by atoms with van der Waals surface area (Å²) in [5.74, 6) is -0.0496. The van der Waals surface area contributed by atoms with Gasteiger partial charge in [-0.1, -0.05) is 56.3 Å². The molecule has 1 N–H and O–H groups in total. The number of Topliss-reactive ketones (excluding diaryl/α,β-unsaturated/α-hetero) is 1. The van der Waals surface area contributed by atoms with Crippen molar-refractivity contribution in [2.45, 2.75) is 32.4 Å². The molecule has 0 aromatic heterocycles. The fourth-order valence-corrected chi connectivity index (χ4v) is 4.61. The number of methoxy groups -OCH3 is 3. The van der Waals surface area contributed by atoms with E-state index in [2.05, 4.69) is 13.8 Å². The summed E-state index contributed by atoms with van der Waals surface area (Å²) >= 11 is 0. The van der Waals surface area contributed by atoms with Crippen molar-refractivity contribution in [3.8, 4) is 17.2 Å². The molecule has 0 aliphatic carbocycles. The Morgan fingerprint density at radius 2 is 1.57 bits per heavy atom. The smallest absolute Gasteiger partial charge is 0.295 e. The topological polar surface area (TPSA) is 85.3 Å². The van der Waals surface area contributed by atoms with Gasteiger partial charge in [0.1, 0.15) is 23.0 Å². The van der Waals surface area contributed by atoms with Gasteiger partial charge in [0.05, 0.1) is 45.1 Å². The molecule has 7 heteroatoms. The van der Waals surface area contributed by atoms with Gasteiger partial charge < -0.3 is 24.2 Å². The molecule has 1 amide bonds. The summed E-state index contributed by atoms with van der Waals surface area (Å²) in [5.41, 5.74) is 2.83. The Morgan fingerprint density at radius 3 is 2.19 bits per heavy atom. The number of rotatable bonds is 8. The van der Waals surface area contributed by atoms with E-state index in [4.69, 9.17) is 14.2 Å². The quantitative estimate of drug-likeness (QED) is 0.251. The van der Waals surface area contributed by atoms with E-state index in [9.17, 15) is 14.7 Å². The van der Waals surface area contributed by atoms with Gasteiger partial charge in [-0.25, -0.2) is 0 Å². The van der Waals surface area contributed by atoms with Crippen molar-refractivity contribution in [2.75, 3.05) is 21.3 Å². The highest BCUT2D eigenvalue weighted by Gasteiger charge is 2.46. The van der Waals surface area contributed by atoms with E-state index in [1.54, 1.807) is 31.4 Å². The van der Waals surface area contributed by atoms with Crippen molar-refractivity contribution in [1.29, 1.82) is 0 Å². The van der Waals surface area contributed by atoms with Gasteiger partial charge >= 0.3 is 0 Å². The molecule has 1 unspecified atom stereocenters. The van der Waals surface area contributed by atoms with Crippen molar-refractivity contribution in [3.63, 3.8) is 0 Å². The number of amides is 1. The Morgan fingerprint density at radius 1 is 0.892 bits per heavy atom. The van der Waals surface area contributed by atoms with E-state index in [0.29, 0.717) is 28.7 Å². The number of likely N-dealkylation sites (tertiary alicyclic amines) is 1. The van der Waals surface area contributed by atoms with Crippen LogP contribution in [0, 0.1) is 0 Å². The van der Waals surface area contributed by atoms with Crippen LogP contribution < -0.4 is 14.2 Å². The molecule has 192 valence electrons. The van der Waals surface area contributed by atoms with E-state index >= 15 is 0 Å². The monoisotopic (exact) mass is 501 g/mol. The molecule has 0 spiro atoms. The van der Waals surface area contributed by atoms with Crippen molar-refractivity contribution in [3.05, 3.63) is 94.6 Å². The van der Waals surface area contributed by atoms with Gasteiger partial charge in [-0.05, 0) is 41.3 Å². The highest BCUT2D eigenvalue weighted by atomic mass is 16.5. The molecule has 3 aromatic rings. The second kappa shape index (κ2) is 10.8. The average Bonchev–Trinajstić information content (AvgIpc) is 3.17. The first-order valence-electron chi connectivity index (χ1n) is 12.0. The zero-order valence-corrected chi connectivity index (χ0v) is 21.6. The van der Waals surface area contributed by atoms with Gasteiger partial charge in [-0.15, -0.1) is 0 Å². The fraction of sp³-hybridized carbons (Fsp3) is 0.267. The lowest BCUT2D eigenvalue weighted by Crippen LogP contribution is -2.29. The molecule has 4 rings (SSSR count). The average molecular weight is 502 g/mol. The first-order valence-corrected chi connectivity index (χ1v) is 12.0. The second-order valence-corrected chi connectivity index (χ2v) is 9.13. The van der Waals surface area contributed by atoms with E-state index < -0.39 is 17.7 Å². The normalized spacial score (nSPS) is 16.8. The van der Waals surface area contributed by atoms with Gasteiger partial charge in [-0.3, -0.25) is 9.59 Å². The number of ether oxygens (including phenoxy) is 3. The van der Waals surface area contributed by atoms with Gasteiger partial charge in [0, 0.05) is 5.56 Å². The van der Waals surface area contributed by atoms with Crippen LogP contribution in [0.2, 0.25) is 0 Å². The Kier molecular flexibility index (Phi) is 7.53. The molecule has 3 aromatic carbocycles. The summed E-state index contributed by atoms with van der Waals surface area (Å²) < 4.78 is 16.3. The Hall–Kier alpha value is -4.26. The molecule has 37 heavy (non-hydrogen) atoms. The van der Waals surface area contributed by atoms with Gasteiger partial charge in [0.15, 0.2) is 0 Å². The molecule has 1 atom stereocenters. The maximum absolute atomic E-state index is 13.5. The first kappa shape index (κ1) is 25.8. The number of carbonyl (C=O) groups excluding carboxylic acids is 2. The summed E-state index contributed by atoms with van der Waals surface area (Å²) in [5, 5.41) is 11.5. The molecule has 0 radical (unpaired) electrons. The van der Waals surface area contributed by atoms with E-state index in [0.717, 1.165) is 11.1 Å². The number of ketones is 1. The number of aliphatic hydroxyl groups excluding tert-OH is 1. The number of aliphatic hydroxyl groups is 1. The van der Waals surface area contributed by atoms with Crippen molar-refractivity contribution in [1.82, 2.24) is 4.90 Å². The maximum atomic E-state index is 13.5. The predicted octanol–water partition coefficient (Wildman–Crippen LogP) is 5.46. The number of hydrogen-bond acceptors (Lipinski definition) is 6. The van der Waals surface area contributed by atoms with Crippen LogP contribution in [0.5, 0.6) is 17.2 Å². The molecule has 0 saturated carbocycles. The molecular weight excluding hydrogens is 470 g/mol. The van der Waals surface area contributed by atoms with Crippen molar-refractivity contribution >= 4 is 17.4 Å². The summed E-state index contributed by atoms with van der Waals surface area (Å²) in [6.07, 6.45) is 0. The number of carbonyl (C=O) groups is 2. The zero-order valence-electron chi connectivity index (χ0n) is 21.6. The Bertz CT molecular complexity index is 1340. The number of hydrogen-bond donors (Lipinski definition) is 1. The minimum atomic E-state index is -0.818. The number of nitrogens with zero attached hydrogens (tertiary/aromatic N) is 1. The largest absolute Gasteiger partial charge is 0.507 e. The molecule has 1 aliphatic heterocycles. The number of benzene rings is 3. The third-order valence-corrected chi connectivity index (χ3v) is 6.65. The zero-order chi connectivity index (χ0) is 26.7. The van der Waals surface area contributed by atoms with E-state index in [1.807, 2.05) is 42.5 Å². The summed E-state index contributed by atoms with van der Waals surface area (Å²) in [4.78, 5) is 28.4. The molecule has 7 nitrogen and oxygen atoms in total. The highest BCUT2D eigenvalue weighted by Crippen LogP contribution is 2.43. The third kappa shape index (κ3) is 4.89. The Labute approximate surface area is 216 Å². The molecule has 1 aliphatic rings. The molecule has 0 bridgehead atoms. The summed E-state index contributed by atoms with van der Waals surface area (Å²) in [7, 11) is 4.54.